The van der Waals surface area contributed by atoms with Crippen molar-refractivity contribution in [1.29, 1.82) is 0 Å². The monoisotopic (exact) mass is 393 g/mol. The number of aliphatic carboxylic acids is 1. The summed E-state index contributed by atoms with van der Waals surface area (Å²) >= 11 is 3.52. The van der Waals surface area contributed by atoms with Gasteiger partial charge in [0.05, 0.1) is 16.1 Å². The van der Waals surface area contributed by atoms with Crippen molar-refractivity contribution in [2.75, 3.05) is 13.1 Å². The second-order valence-corrected chi connectivity index (χ2v) is 7.08. The van der Waals surface area contributed by atoms with E-state index >= 15 is 0 Å². The Balaban J connectivity index is 1.97. The Hall–Kier alpha value is -1.89. The van der Waals surface area contributed by atoms with Crippen LogP contribution >= 0.6 is 15.9 Å². The van der Waals surface area contributed by atoms with Gasteiger partial charge in [0, 0.05) is 19.3 Å². The van der Waals surface area contributed by atoms with Gasteiger partial charge in [0.2, 0.25) is 0 Å². The summed E-state index contributed by atoms with van der Waals surface area (Å²) in [6.45, 7) is 4.90. The molecule has 1 aliphatic heterocycles. The number of nitrogens with zero attached hydrogens (tertiary/aromatic N) is 3. The van der Waals surface area contributed by atoms with E-state index in [9.17, 15) is 9.59 Å². The van der Waals surface area contributed by atoms with Crippen LogP contribution in [0.3, 0.4) is 0 Å². The lowest BCUT2D eigenvalue weighted by Gasteiger charge is -2.30. The van der Waals surface area contributed by atoms with Crippen molar-refractivity contribution in [3.05, 3.63) is 33.7 Å². The van der Waals surface area contributed by atoms with E-state index < -0.39 is 5.97 Å². The molecule has 0 atom stereocenters. The van der Waals surface area contributed by atoms with Crippen LogP contribution in [0.5, 0.6) is 0 Å². The van der Waals surface area contributed by atoms with Gasteiger partial charge in [-0.3, -0.25) is 14.0 Å². The van der Waals surface area contributed by atoms with Crippen LogP contribution in [0.2, 0.25) is 0 Å². The van der Waals surface area contributed by atoms with Crippen molar-refractivity contribution in [1.82, 2.24) is 14.3 Å². The number of rotatable bonds is 3. The van der Waals surface area contributed by atoms with Gasteiger partial charge in [0.25, 0.3) is 5.91 Å². The molecule has 1 amide bonds. The fraction of sp³-hybridized carbons (Fsp3) is 0.471. The number of aryl methyl sites for hydroxylation is 2. The van der Waals surface area contributed by atoms with E-state index in [2.05, 4.69) is 20.9 Å². The van der Waals surface area contributed by atoms with Crippen LogP contribution in [0, 0.1) is 12.8 Å². The Morgan fingerprint density at radius 3 is 2.62 bits per heavy atom. The van der Waals surface area contributed by atoms with Crippen molar-refractivity contribution >= 4 is 33.5 Å². The summed E-state index contributed by atoms with van der Waals surface area (Å²) in [5.74, 6) is -1.19. The highest BCUT2D eigenvalue weighted by Gasteiger charge is 2.30. The summed E-state index contributed by atoms with van der Waals surface area (Å²) in [7, 11) is 0. The summed E-state index contributed by atoms with van der Waals surface area (Å²) in [5, 5.41) is 9.11. The van der Waals surface area contributed by atoms with Crippen LogP contribution in [0.1, 0.15) is 41.5 Å². The molecule has 0 spiro atoms. The Morgan fingerprint density at radius 2 is 2.04 bits per heavy atom. The number of amides is 1. The maximum atomic E-state index is 13.1. The third-order valence-corrected chi connectivity index (χ3v) is 5.14. The number of piperidine rings is 1. The van der Waals surface area contributed by atoms with Gasteiger partial charge in [-0.1, -0.05) is 6.92 Å². The second kappa shape index (κ2) is 6.55. The van der Waals surface area contributed by atoms with Gasteiger partial charge < -0.3 is 10.0 Å². The van der Waals surface area contributed by atoms with Gasteiger partial charge in [-0.15, -0.1) is 0 Å². The zero-order valence-corrected chi connectivity index (χ0v) is 15.3. The quantitative estimate of drug-likeness (QED) is 0.869. The van der Waals surface area contributed by atoms with E-state index in [0.29, 0.717) is 38.0 Å². The zero-order valence-electron chi connectivity index (χ0n) is 13.8. The minimum atomic E-state index is -0.772. The van der Waals surface area contributed by atoms with Crippen LogP contribution in [0.25, 0.3) is 5.65 Å². The normalized spacial score (nSPS) is 15.9. The number of imidazole rings is 1. The molecule has 2 aromatic heterocycles. The minimum Gasteiger partial charge on any atom is -0.481 e. The van der Waals surface area contributed by atoms with Gasteiger partial charge in [-0.2, -0.15) is 0 Å². The molecule has 0 aromatic carbocycles. The molecule has 7 heteroatoms. The van der Waals surface area contributed by atoms with E-state index in [-0.39, 0.29) is 11.8 Å². The van der Waals surface area contributed by atoms with E-state index in [1.165, 1.54) is 0 Å². The lowest BCUT2D eigenvalue weighted by atomic mass is 9.97. The predicted octanol–water partition coefficient (Wildman–Crippen LogP) is 2.90. The highest BCUT2D eigenvalue weighted by molar-refractivity contribution is 9.10. The van der Waals surface area contributed by atoms with Crippen LogP contribution in [-0.2, 0) is 11.2 Å². The van der Waals surface area contributed by atoms with Gasteiger partial charge in [-0.25, -0.2) is 4.98 Å². The molecule has 0 aliphatic carbocycles. The average Bonchev–Trinajstić information content (AvgIpc) is 2.93. The summed E-state index contributed by atoms with van der Waals surface area (Å²) < 4.78 is 2.71. The highest BCUT2D eigenvalue weighted by Crippen LogP contribution is 2.25. The fourth-order valence-electron chi connectivity index (χ4n) is 3.23. The van der Waals surface area contributed by atoms with Crippen LogP contribution < -0.4 is 0 Å². The first-order chi connectivity index (χ1) is 11.4. The molecule has 0 radical (unpaired) electrons. The minimum absolute atomic E-state index is 0.0688. The lowest BCUT2D eigenvalue weighted by molar-refractivity contribution is -0.143. The fourth-order valence-corrected chi connectivity index (χ4v) is 3.87. The number of hydrogen-bond acceptors (Lipinski definition) is 3. The van der Waals surface area contributed by atoms with E-state index in [1.807, 2.05) is 30.5 Å². The first-order valence-corrected chi connectivity index (χ1v) is 8.90. The largest absolute Gasteiger partial charge is 0.481 e. The number of aromatic nitrogens is 2. The average molecular weight is 394 g/mol. The number of fused-ring (bicyclic) bond motifs is 1. The molecule has 1 aliphatic rings. The number of carbonyl (C=O) groups is 2. The van der Waals surface area contributed by atoms with E-state index in [0.717, 1.165) is 21.4 Å². The van der Waals surface area contributed by atoms with E-state index in [4.69, 9.17) is 5.11 Å². The predicted molar refractivity (Wildman–Crippen MR) is 93.3 cm³/mol. The Morgan fingerprint density at radius 1 is 1.38 bits per heavy atom. The number of hydrogen-bond donors (Lipinski definition) is 1. The molecule has 0 bridgehead atoms. The molecule has 3 heterocycles. The third kappa shape index (κ3) is 2.92. The number of carbonyl (C=O) groups excluding carboxylic acids is 1. The molecule has 128 valence electrons. The van der Waals surface area contributed by atoms with Gasteiger partial charge in [0.1, 0.15) is 5.69 Å². The number of likely N-dealkylation sites (tertiary alicyclic amines) is 1. The number of carboxylic acids is 1. The molecule has 0 saturated carbocycles. The molecule has 3 rings (SSSR count). The van der Waals surface area contributed by atoms with Crippen molar-refractivity contribution in [2.45, 2.75) is 33.1 Å². The summed E-state index contributed by atoms with van der Waals surface area (Å²) in [4.78, 5) is 30.5. The summed E-state index contributed by atoms with van der Waals surface area (Å²) in [6.07, 6.45) is 3.59. The SMILES string of the molecule is CCc1nc2c(Br)cc(C)cn2c1C(=O)N1CCC(C(=O)O)CC1. The van der Waals surface area contributed by atoms with Crippen molar-refractivity contribution in [3.8, 4) is 0 Å². The van der Waals surface area contributed by atoms with E-state index in [1.54, 1.807) is 4.90 Å². The zero-order chi connectivity index (χ0) is 17.4. The first-order valence-electron chi connectivity index (χ1n) is 8.11. The van der Waals surface area contributed by atoms with Crippen molar-refractivity contribution in [3.63, 3.8) is 0 Å². The molecule has 6 nitrogen and oxygen atoms in total. The standard InChI is InChI=1S/C17H20BrN3O3/c1-3-13-14(21-9-10(2)8-12(18)15(21)19-13)16(22)20-6-4-11(5-7-20)17(23)24/h8-9,11H,3-7H2,1-2H3,(H,23,24). The van der Waals surface area contributed by atoms with Gasteiger partial charge in [0.15, 0.2) is 5.65 Å². The van der Waals surface area contributed by atoms with Crippen LogP contribution in [-0.4, -0.2) is 44.4 Å². The maximum Gasteiger partial charge on any atom is 0.306 e. The number of carboxylic acid groups (broad SMARTS) is 1. The first kappa shape index (κ1) is 17.0. The number of pyridine rings is 1. The Bertz CT molecular complexity index is 807. The molecule has 1 saturated heterocycles. The molecule has 0 unspecified atom stereocenters. The molecular weight excluding hydrogens is 374 g/mol. The van der Waals surface area contributed by atoms with Gasteiger partial charge in [-0.05, 0) is 53.7 Å². The Labute approximate surface area is 148 Å². The highest BCUT2D eigenvalue weighted by atomic mass is 79.9. The Kier molecular flexibility index (Phi) is 4.62. The smallest absolute Gasteiger partial charge is 0.306 e. The molecule has 1 fully saturated rings. The van der Waals surface area contributed by atoms with Gasteiger partial charge >= 0.3 is 5.97 Å². The van der Waals surface area contributed by atoms with Crippen LogP contribution in [0.4, 0.5) is 0 Å². The summed E-state index contributed by atoms with van der Waals surface area (Å²) in [5.41, 5.74) is 3.13. The van der Waals surface area contributed by atoms with Crippen molar-refractivity contribution in [2.24, 2.45) is 5.92 Å². The number of halogens is 1. The lowest BCUT2D eigenvalue weighted by Crippen LogP contribution is -2.41. The summed E-state index contributed by atoms with van der Waals surface area (Å²) in [6, 6.07) is 1.98. The molecule has 2 aromatic rings. The molecule has 1 N–H and O–H groups in total. The third-order valence-electron chi connectivity index (χ3n) is 4.55. The second-order valence-electron chi connectivity index (χ2n) is 6.22. The topological polar surface area (TPSA) is 74.9 Å². The maximum absolute atomic E-state index is 13.1. The van der Waals surface area contributed by atoms with Crippen LogP contribution in [0.15, 0.2) is 16.7 Å². The molecular formula is C17H20BrN3O3. The van der Waals surface area contributed by atoms with Crippen molar-refractivity contribution < 1.29 is 14.7 Å². The molecule has 24 heavy (non-hydrogen) atoms.